The normalized spacial score (nSPS) is 20.2. The summed E-state index contributed by atoms with van der Waals surface area (Å²) in [4.78, 5) is 14.1. The van der Waals surface area contributed by atoms with Crippen LogP contribution in [0.3, 0.4) is 0 Å². The number of hydrogen-bond acceptors (Lipinski definition) is 4. The van der Waals surface area contributed by atoms with Gasteiger partial charge in [0.05, 0.1) is 25.3 Å². The standard InChI is InChI=1S/C16H25N3O2/c1-13(14-6-4-3-5-7-14)18-16(20)12-19(2)11-15-10-17-8-9-21-15/h3-7,13,15,17H,8-12H2,1-2H3,(H,18,20). The lowest BCUT2D eigenvalue weighted by molar-refractivity contribution is -0.123. The SMILES string of the molecule is CC(NC(=O)CN(C)CC1CNCCO1)c1ccccc1. The van der Waals surface area contributed by atoms with Gasteiger partial charge in [0.25, 0.3) is 0 Å². The molecule has 0 aliphatic carbocycles. The summed E-state index contributed by atoms with van der Waals surface area (Å²) in [6, 6.07) is 10.0. The van der Waals surface area contributed by atoms with Crippen molar-refractivity contribution in [2.24, 2.45) is 0 Å². The van der Waals surface area contributed by atoms with E-state index in [4.69, 9.17) is 4.74 Å². The lowest BCUT2D eigenvalue weighted by Crippen LogP contribution is -2.46. The molecule has 1 aliphatic rings. The molecule has 0 bridgehead atoms. The first-order valence-electron chi connectivity index (χ1n) is 7.50. The Labute approximate surface area is 126 Å². The number of hydrogen-bond donors (Lipinski definition) is 2. The quantitative estimate of drug-likeness (QED) is 0.813. The zero-order valence-electron chi connectivity index (χ0n) is 12.8. The molecule has 0 aromatic heterocycles. The van der Waals surface area contributed by atoms with Crippen LogP contribution in [0.25, 0.3) is 0 Å². The van der Waals surface area contributed by atoms with Crippen molar-refractivity contribution in [3.05, 3.63) is 35.9 Å². The average Bonchev–Trinajstić information content (AvgIpc) is 2.48. The van der Waals surface area contributed by atoms with Gasteiger partial charge >= 0.3 is 0 Å². The van der Waals surface area contributed by atoms with Crippen LogP contribution in [0.2, 0.25) is 0 Å². The molecule has 5 heteroatoms. The van der Waals surface area contributed by atoms with Crippen LogP contribution in [0, 0.1) is 0 Å². The lowest BCUT2D eigenvalue weighted by atomic mass is 10.1. The first kappa shape index (κ1) is 15.9. The van der Waals surface area contributed by atoms with E-state index in [0.717, 1.165) is 31.8 Å². The Balaban J connectivity index is 1.73. The van der Waals surface area contributed by atoms with Gasteiger partial charge in [0, 0.05) is 19.6 Å². The molecule has 2 N–H and O–H groups in total. The first-order valence-corrected chi connectivity index (χ1v) is 7.50. The Morgan fingerprint density at radius 2 is 2.24 bits per heavy atom. The minimum Gasteiger partial charge on any atom is -0.374 e. The summed E-state index contributed by atoms with van der Waals surface area (Å²) in [6.45, 7) is 5.66. The third-order valence-corrected chi connectivity index (χ3v) is 3.61. The van der Waals surface area contributed by atoms with E-state index < -0.39 is 0 Å². The van der Waals surface area contributed by atoms with Crippen molar-refractivity contribution in [3.63, 3.8) is 0 Å². The van der Waals surface area contributed by atoms with Crippen LogP contribution >= 0.6 is 0 Å². The molecule has 1 aromatic rings. The number of likely N-dealkylation sites (N-methyl/N-ethyl adjacent to an activating group) is 1. The van der Waals surface area contributed by atoms with Crippen LogP contribution in [0.4, 0.5) is 0 Å². The van der Waals surface area contributed by atoms with Gasteiger partial charge in [-0.2, -0.15) is 0 Å². The molecule has 1 heterocycles. The molecule has 1 fully saturated rings. The third kappa shape index (κ3) is 5.46. The van der Waals surface area contributed by atoms with E-state index in [2.05, 4.69) is 10.6 Å². The predicted molar refractivity (Wildman–Crippen MR) is 83.1 cm³/mol. The maximum atomic E-state index is 12.1. The fourth-order valence-electron chi connectivity index (χ4n) is 2.51. The van der Waals surface area contributed by atoms with Crippen LogP contribution in [0.15, 0.2) is 30.3 Å². The van der Waals surface area contributed by atoms with Gasteiger partial charge in [-0.15, -0.1) is 0 Å². The fraction of sp³-hybridized carbons (Fsp3) is 0.562. The number of carbonyl (C=O) groups is 1. The second-order valence-electron chi connectivity index (χ2n) is 5.59. The van der Waals surface area contributed by atoms with E-state index >= 15 is 0 Å². The van der Waals surface area contributed by atoms with Gasteiger partial charge in [0.2, 0.25) is 5.91 Å². The van der Waals surface area contributed by atoms with Gasteiger partial charge in [-0.1, -0.05) is 30.3 Å². The molecular weight excluding hydrogens is 266 g/mol. The largest absolute Gasteiger partial charge is 0.374 e. The number of morpholine rings is 1. The highest BCUT2D eigenvalue weighted by Gasteiger charge is 2.17. The van der Waals surface area contributed by atoms with Crippen molar-refractivity contribution in [3.8, 4) is 0 Å². The van der Waals surface area contributed by atoms with E-state index in [-0.39, 0.29) is 18.1 Å². The molecular formula is C16H25N3O2. The zero-order valence-corrected chi connectivity index (χ0v) is 12.8. The molecule has 1 aromatic carbocycles. The maximum absolute atomic E-state index is 12.1. The summed E-state index contributed by atoms with van der Waals surface area (Å²) < 4.78 is 5.64. The number of carbonyl (C=O) groups excluding carboxylic acids is 1. The van der Waals surface area contributed by atoms with Crippen molar-refractivity contribution in [1.82, 2.24) is 15.5 Å². The third-order valence-electron chi connectivity index (χ3n) is 3.61. The summed E-state index contributed by atoms with van der Waals surface area (Å²) in [5.74, 6) is 0.0395. The van der Waals surface area contributed by atoms with Gasteiger partial charge in [-0.25, -0.2) is 0 Å². The zero-order chi connectivity index (χ0) is 15.1. The highest BCUT2D eigenvalue weighted by atomic mass is 16.5. The number of ether oxygens (including phenoxy) is 1. The molecule has 0 saturated carbocycles. The average molecular weight is 291 g/mol. The number of rotatable bonds is 6. The van der Waals surface area contributed by atoms with Gasteiger partial charge in [0.15, 0.2) is 0 Å². The van der Waals surface area contributed by atoms with E-state index in [1.54, 1.807) is 0 Å². The van der Waals surface area contributed by atoms with Crippen LogP contribution in [-0.2, 0) is 9.53 Å². The van der Waals surface area contributed by atoms with E-state index in [9.17, 15) is 4.79 Å². The summed E-state index contributed by atoms with van der Waals surface area (Å²) in [5, 5.41) is 6.32. The van der Waals surface area contributed by atoms with Crippen molar-refractivity contribution in [2.75, 3.05) is 39.8 Å². The first-order chi connectivity index (χ1) is 10.1. The van der Waals surface area contributed by atoms with Gasteiger partial charge < -0.3 is 15.4 Å². The van der Waals surface area contributed by atoms with Crippen LogP contribution in [0.1, 0.15) is 18.5 Å². The summed E-state index contributed by atoms with van der Waals surface area (Å²) in [7, 11) is 1.95. The number of benzene rings is 1. The maximum Gasteiger partial charge on any atom is 0.234 e. The fourth-order valence-corrected chi connectivity index (χ4v) is 2.51. The highest BCUT2D eigenvalue weighted by molar-refractivity contribution is 5.78. The number of amides is 1. The molecule has 5 nitrogen and oxygen atoms in total. The van der Waals surface area contributed by atoms with Crippen molar-refractivity contribution in [1.29, 1.82) is 0 Å². The number of nitrogens with zero attached hydrogens (tertiary/aromatic N) is 1. The lowest BCUT2D eigenvalue weighted by Gasteiger charge is -2.28. The molecule has 116 valence electrons. The molecule has 21 heavy (non-hydrogen) atoms. The van der Waals surface area contributed by atoms with Crippen molar-refractivity contribution >= 4 is 5.91 Å². The summed E-state index contributed by atoms with van der Waals surface area (Å²) >= 11 is 0. The molecule has 1 amide bonds. The van der Waals surface area contributed by atoms with E-state index in [0.29, 0.717) is 6.54 Å². The molecule has 0 spiro atoms. The second kappa shape index (κ2) is 8.12. The van der Waals surface area contributed by atoms with Gasteiger partial charge in [0.1, 0.15) is 0 Å². The van der Waals surface area contributed by atoms with Crippen molar-refractivity contribution in [2.45, 2.75) is 19.1 Å². The Bertz CT molecular complexity index is 432. The predicted octanol–water partition coefficient (Wildman–Crippen LogP) is 0.784. The minimum absolute atomic E-state index is 0.0275. The van der Waals surface area contributed by atoms with Crippen LogP contribution in [-0.4, -0.2) is 56.7 Å². The Morgan fingerprint density at radius 1 is 1.48 bits per heavy atom. The van der Waals surface area contributed by atoms with E-state index in [1.165, 1.54) is 0 Å². The second-order valence-corrected chi connectivity index (χ2v) is 5.59. The molecule has 2 unspecified atom stereocenters. The monoisotopic (exact) mass is 291 g/mol. The molecule has 1 aliphatic heterocycles. The summed E-state index contributed by atoms with van der Waals surface area (Å²) in [6.07, 6.45) is 0.170. The van der Waals surface area contributed by atoms with E-state index in [1.807, 2.05) is 49.2 Å². The Hall–Kier alpha value is -1.43. The molecule has 0 radical (unpaired) electrons. The number of nitrogens with one attached hydrogen (secondary N) is 2. The highest BCUT2D eigenvalue weighted by Crippen LogP contribution is 2.10. The Morgan fingerprint density at radius 3 is 2.90 bits per heavy atom. The topological polar surface area (TPSA) is 53.6 Å². The van der Waals surface area contributed by atoms with Gasteiger partial charge in [-0.3, -0.25) is 9.69 Å². The Kier molecular flexibility index (Phi) is 6.17. The minimum atomic E-state index is 0.0275. The van der Waals surface area contributed by atoms with Crippen LogP contribution < -0.4 is 10.6 Å². The van der Waals surface area contributed by atoms with Crippen LogP contribution in [0.5, 0.6) is 0 Å². The molecule has 2 rings (SSSR count). The summed E-state index contributed by atoms with van der Waals surface area (Å²) in [5.41, 5.74) is 1.12. The van der Waals surface area contributed by atoms with Crippen molar-refractivity contribution < 1.29 is 9.53 Å². The smallest absolute Gasteiger partial charge is 0.234 e. The molecule has 2 atom stereocenters. The molecule has 1 saturated heterocycles. The van der Waals surface area contributed by atoms with Gasteiger partial charge in [-0.05, 0) is 19.5 Å².